The lowest BCUT2D eigenvalue weighted by molar-refractivity contribution is 0.102. The maximum Gasteiger partial charge on any atom is 0.255 e. The minimum atomic E-state index is -0.206. The monoisotopic (exact) mass is 292 g/mol. The molecule has 0 saturated carbocycles. The molecule has 3 rings (SSSR count). The quantitative estimate of drug-likeness (QED) is 0.729. The van der Waals surface area contributed by atoms with E-state index in [1.165, 1.54) is 0 Å². The molecule has 5 heteroatoms. The van der Waals surface area contributed by atoms with E-state index in [-0.39, 0.29) is 5.91 Å². The van der Waals surface area contributed by atoms with Gasteiger partial charge in [-0.05, 0) is 37.3 Å². The highest BCUT2D eigenvalue weighted by Crippen LogP contribution is 2.19. The molecule has 3 N–H and O–H groups in total. The van der Waals surface area contributed by atoms with Gasteiger partial charge in [-0.1, -0.05) is 24.3 Å². The predicted octanol–water partition coefficient (Wildman–Crippen LogP) is 3.02. The number of nitrogen functional groups attached to an aromatic ring is 1. The molecule has 0 saturated heterocycles. The Balaban J connectivity index is 1.85. The fraction of sp³-hybridized carbons (Fsp3) is 0.0588. The Kier molecular flexibility index (Phi) is 3.62. The second kappa shape index (κ2) is 5.73. The average molecular weight is 292 g/mol. The Morgan fingerprint density at radius 3 is 2.64 bits per heavy atom. The summed E-state index contributed by atoms with van der Waals surface area (Å²) in [5.74, 6) is -0.206. The Hall–Kier alpha value is -3.08. The summed E-state index contributed by atoms with van der Waals surface area (Å²) < 4.78 is 1.79. The summed E-state index contributed by atoms with van der Waals surface area (Å²) >= 11 is 0. The van der Waals surface area contributed by atoms with Crippen LogP contribution in [-0.2, 0) is 0 Å². The summed E-state index contributed by atoms with van der Waals surface area (Å²) in [5, 5.41) is 7.19. The molecule has 0 atom stereocenters. The van der Waals surface area contributed by atoms with Gasteiger partial charge in [-0.15, -0.1) is 0 Å². The van der Waals surface area contributed by atoms with Gasteiger partial charge in [-0.25, -0.2) is 4.68 Å². The second-order valence-electron chi connectivity index (χ2n) is 4.97. The molecule has 0 fully saturated rings. The van der Waals surface area contributed by atoms with Crippen molar-refractivity contribution >= 4 is 17.3 Å². The van der Waals surface area contributed by atoms with Crippen LogP contribution in [0.25, 0.3) is 5.69 Å². The first-order chi connectivity index (χ1) is 10.6. The molecule has 0 radical (unpaired) electrons. The van der Waals surface area contributed by atoms with Crippen LogP contribution in [0.5, 0.6) is 0 Å². The molecule has 0 aliphatic heterocycles. The van der Waals surface area contributed by atoms with Crippen molar-refractivity contribution in [1.29, 1.82) is 0 Å². The Labute approximate surface area is 128 Å². The maximum atomic E-state index is 12.3. The third kappa shape index (κ3) is 2.69. The van der Waals surface area contributed by atoms with Crippen LogP contribution in [0.1, 0.15) is 16.1 Å². The van der Waals surface area contributed by atoms with E-state index in [1.807, 2.05) is 37.3 Å². The van der Waals surface area contributed by atoms with Crippen LogP contribution in [-0.4, -0.2) is 15.7 Å². The number of aromatic nitrogens is 2. The zero-order chi connectivity index (χ0) is 15.5. The third-order valence-electron chi connectivity index (χ3n) is 3.41. The topological polar surface area (TPSA) is 72.9 Å². The number of hydrogen-bond donors (Lipinski definition) is 2. The van der Waals surface area contributed by atoms with E-state index >= 15 is 0 Å². The van der Waals surface area contributed by atoms with Crippen LogP contribution in [0, 0.1) is 6.92 Å². The Morgan fingerprint density at radius 2 is 1.91 bits per heavy atom. The lowest BCUT2D eigenvalue weighted by Crippen LogP contribution is -2.12. The van der Waals surface area contributed by atoms with Gasteiger partial charge in [-0.2, -0.15) is 5.10 Å². The first kappa shape index (κ1) is 13.9. The Morgan fingerprint density at radius 1 is 1.14 bits per heavy atom. The fourth-order valence-corrected chi connectivity index (χ4v) is 2.24. The molecule has 0 aliphatic rings. The van der Waals surface area contributed by atoms with Crippen molar-refractivity contribution in [2.24, 2.45) is 0 Å². The molecule has 3 aromatic rings. The molecule has 110 valence electrons. The second-order valence-corrected chi connectivity index (χ2v) is 4.97. The van der Waals surface area contributed by atoms with Gasteiger partial charge in [0.05, 0.1) is 23.3 Å². The number of benzene rings is 2. The summed E-state index contributed by atoms with van der Waals surface area (Å²) in [6.07, 6.45) is 1.65. The summed E-state index contributed by atoms with van der Waals surface area (Å²) in [7, 11) is 0. The molecule has 1 aromatic heterocycles. The fourth-order valence-electron chi connectivity index (χ4n) is 2.24. The summed E-state index contributed by atoms with van der Waals surface area (Å²) in [6.45, 7) is 1.91. The summed E-state index contributed by atoms with van der Waals surface area (Å²) in [5.41, 5.74) is 9.27. The van der Waals surface area contributed by atoms with E-state index in [2.05, 4.69) is 10.4 Å². The average Bonchev–Trinajstić information content (AvgIpc) is 2.89. The first-order valence-corrected chi connectivity index (χ1v) is 6.92. The largest absolute Gasteiger partial charge is 0.399 e. The van der Waals surface area contributed by atoms with Crippen molar-refractivity contribution in [3.8, 4) is 5.69 Å². The van der Waals surface area contributed by atoms with Gasteiger partial charge in [0.1, 0.15) is 0 Å². The highest BCUT2D eigenvalue weighted by molar-refractivity contribution is 6.05. The van der Waals surface area contributed by atoms with Crippen LogP contribution in [0.2, 0.25) is 0 Å². The van der Waals surface area contributed by atoms with Crippen molar-refractivity contribution in [2.75, 3.05) is 11.1 Å². The van der Waals surface area contributed by atoms with Crippen LogP contribution in [0.3, 0.4) is 0 Å². The number of nitrogens with two attached hydrogens (primary N) is 1. The summed E-state index contributed by atoms with van der Waals surface area (Å²) in [4.78, 5) is 12.3. The van der Waals surface area contributed by atoms with Crippen molar-refractivity contribution in [1.82, 2.24) is 9.78 Å². The number of nitrogens with one attached hydrogen (secondary N) is 1. The zero-order valence-electron chi connectivity index (χ0n) is 12.2. The zero-order valence-corrected chi connectivity index (χ0v) is 12.2. The SMILES string of the molecule is Cc1c(NC(=O)c2cccc(N)c2)cnn1-c1ccccc1. The van der Waals surface area contributed by atoms with Crippen molar-refractivity contribution in [2.45, 2.75) is 6.92 Å². The molecule has 0 unspecified atom stereocenters. The lowest BCUT2D eigenvalue weighted by atomic mass is 10.2. The molecule has 1 amide bonds. The normalized spacial score (nSPS) is 10.4. The highest BCUT2D eigenvalue weighted by Gasteiger charge is 2.12. The van der Waals surface area contributed by atoms with E-state index in [0.29, 0.717) is 16.9 Å². The molecule has 0 bridgehead atoms. The summed E-state index contributed by atoms with van der Waals surface area (Å²) in [6, 6.07) is 16.6. The first-order valence-electron chi connectivity index (χ1n) is 6.92. The van der Waals surface area contributed by atoms with E-state index in [9.17, 15) is 4.79 Å². The number of hydrogen-bond acceptors (Lipinski definition) is 3. The van der Waals surface area contributed by atoms with Gasteiger partial charge in [0, 0.05) is 11.3 Å². The molecular weight excluding hydrogens is 276 g/mol. The number of para-hydroxylation sites is 1. The molecular formula is C17H16N4O. The van der Waals surface area contributed by atoms with Crippen LogP contribution >= 0.6 is 0 Å². The van der Waals surface area contributed by atoms with Gasteiger partial charge in [-0.3, -0.25) is 4.79 Å². The number of amides is 1. The predicted molar refractivity (Wildman–Crippen MR) is 87.1 cm³/mol. The molecule has 5 nitrogen and oxygen atoms in total. The van der Waals surface area contributed by atoms with Crippen LogP contribution in [0.4, 0.5) is 11.4 Å². The maximum absolute atomic E-state index is 12.3. The van der Waals surface area contributed by atoms with E-state index < -0.39 is 0 Å². The van der Waals surface area contributed by atoms with Crippen molar-refractivity contribution in [3.63, 3.8) is 0 Å². The van der Waals surface area contributed by atoms with Crippen LogP contribution in [0.15, 0.2) is 60.8 Å². The van der Waals surface area contributed by atoms with Crippen molar-refractivity contribution in [3.05, 3.63) is 72.1 Å². The third-order valence-corrected chi connectivity index (χ3v) is 3.41. The van der Waals surface area contributed by atoms with E-state index in [0.717, 1.165) is 11.4 Å². The number of rotatable bonds is 3. The minimum Gasteiger partial charge on any atom is -0.399 e. The number of anilines is 2. The Bertz CT molecular complexity index is 809. The minimum absolute atomic E-state index is 0.206. The molecule has 0 spiro atoms. The number of nitrogens with zero attached hydrogens (tertiary/aromatic N) is 2. The van der Waals surface area contributed by atoms with Gasteiger partial charge in [0.25, 0.3) is 5.91 Å². The lowest BCUT2D eigenvalue weighted by Gasteiger charge is -2.07. The molecule has 2 aromatic carbocycles. The van der Waals surface area contributed by atoms with Crippen LogP contribution < -0.4 is 11.1 Å². The molecule has 1 heterocycles. The van der Waals surface area contributed by atoms with E-state index in [4.69, 9.17) is 5.73 Å². The van der Waals surface area contributed by atoms with Gasteiger partial charge in [0.2, 0.25) is 0 Å². The van der Waals surface area contributed by atoms with Crippen molar-refractivity contribution < 1.29 is 4.79 Å². The van der Waals surface area contributed by atoms with E-state index in [1.54, 1.807) is 35.1 Å². The van der Waals surface area contributed by atoms with Gasteiger partial charge < -0.3 is 11.1 Å². The highest BCUT2D eigenvalue weighted by atomic mass is 16.1. The number of carbonyl (C=O) groups is 1. The van der Waals surface area contributed by atoms with Gasteiger partial charge in [0.15, 0.2) is 0 Å². The molecule has 0 aliphatic carbocycles. The van der Waals surface area contributed by atoms with Gasteiger partial charge >= 0.3 is 0 Å². The smallest absolute Gasteiger partial charge is 0.255 e. The number of carbonyl (C=O) groups excluding carboxylic acids is 1. The standard InChI is InChI=1S/C17H16N4O/c1-12-16(11-19-21(12)15-8-3-2-4-9-15)20-17(22)13-6-5-7-14(18)10-13/h2-11H,18H2,1H3,(H,20,22). The molecule has 22 heavy (non-hydrogen) atoms.